The zero-order chi connectivity index (χ0) is 8.15. The molecule has 1 aliphatic heterocycles. The number of thiocarbonyl (C=S) groups is 1. The molecule has 1 atom stereocenters. The summed E-state index contributed by atoms with van der Waals surface area (Å²) in [5.41, 5.74) is 0. The molecule has 1 unspecified atom stereocenters. The van der Waals surface area contributed by atoms with Crippen LogP contribution in [0.4, 0.5) is 0 Å². The van der Waals surface area contributed by atoms with Crippen molar-refractivity contribution in [3.63, 3.8) is 0 Å². The first-order valence-corrected chi connectivity index (χ1v) is 4.02. The summed E-state index contributed by atoms with van der Waals surface area (Å²) in [6.45, 7) is 6.83. The fourth-order valence-corrected chi connectivity index (χ4v) is 0.833. The van der Waals surface area contributed by atoms with E-state index in [1.165, 1.54) is 0 Å². The summed E-state index contributed by atoms with van der Waals surface area (Å²) in [7, 11) is 1.94. The fraction of sp³-hybridized carbons (Fsp3) is 0.857. The number of hydrogen-bond acceptors (Lipinski definition) is 2. The maximum absolute atomic E-state index is 5.03. The van der Waals surface area contributed by atoms with Gasteiger partial charge in [0.05, 0.1) is 6.04 Å². The maximum atomic E-state index is 5.03. The lowest BCUT2D eigenvalue weighted by atomic mass is 10.4. The molecule has 0 aromatic heterocycles. The van der Waals surface area contributed by atoms with Crippen LogP contribution in [-0.2, 0) is 4.74 Å². The smallest absolute Gasteiger partial charge is 0.259 e. The largest absolute Gasteiger partial charge is 0.469 e. The first kappa shape index (κ1) is 9.69. The molecule has 1 heterocycles. The molecule has 60 valence electrons. The van der Waals surface area contributed by atoms with Gasteiger partial charge in [-0.25, -0.2) is 0 Å². The molecule has 1 rings (SSSR count). The van der Waals surface area contributed by atoms with Crippen LogP contribution in [-0.4, -0.2) is 29.8 Å². The van der Waals surface area contributed by atoms with Crippen molar-refractivity contribution in [1.29, 1.82) is 0 Å². The van der Waals surface area contributed by atoms with E-state index in [-0.39, 0.29) is 0 Å². The number of rotatable bonds is 0. The van der Waals surface area contributed by atoms with Crippen molar-refractivity contribution in [3.8, 4) is 0 Å². The summed E-state index contributed by atoms with van der Waals surface area (Å²) < 4.78 is 5.03. The zero-order valence-electron chi connectivity index (χ0n) is 7.05. The van der Waals surface area contributed by atoms with Gasteiger partial charge in [-0.05, 0) is 19.1 Å². The van der Waals surface area contributed by atoms with Crippen molar-refractivity contribution in [3.05, 3.63) is 0 Å². The van der Waals surface area contributed by atoms with Gasteiger partial charge in [-0.1, -0.05) is 13.8 Å². The number of likely N-dealkylation sites (N-methyl/N-ethyl adjacent to an activating group) is 1. The molecule has 1 aliphatic rings. The Balaban J connectivity index is 0.000000371. The Morgan fingerprint density at radius 3 is 2.20 bits per heavy atom. The second kappa shape index (κ2) is 4.50. The van der Waals surface area contributed by atoms with E-state index in [2.05, 4.69) is 6.92 Å². The molecule has 0 radical (unpaired) electrons. The summed E-state index contributed by atoms with van der Waals surface area (Å²) in [4.78, 5) is 1.95. The molecular formula is C7H15NOS. The molecule has 0 spiro atoms. The van der Waals surface area contributed by atoms with Crippen LogP contribution in [0.1, 0.15) is 20.8 Å². The van der Waals surface area contributed by atoms with Gasteiger partial charge in [-0.15, -0.1) is 0 Å². The van der Waals surface area contributed by atoms with E-state index in [4.69, 9.17) is 17.0 Å². The van der Waals surface area contributed by atoms with E-state index >= 15 is 0 Å². The molecule has 0 saturated carbocycles. The fourth-order valence-electron chi connectivity index (χ4n) is 0.585. The van der Waals surface area contributed by atoms with Crippen LogP contribution in [0.2, 0.25) is 0 Å². The Labute approximate surface area is 68.2 Å². The molecule has 0 N–H and O–H groups in total. The van der Waals surface area contributed by atoms with Crippen LogP contribution in [0.25, 0.3) is 0 Å². The summed E-state index contributed by atoms with van der Waals surface area (Å²) >= 11 is 4.82. The SMILES string of the molecule is CC.CC1COC(=S)N1C. The zero-order valence-corrected chi connectivity index (χ0v) is 7.86. The van der Waals surface area contributed by atoms with Crippen molar-refractivity contribution < 1.29 is 4.74 Å². The minimum Gasteiger partial charge on any atom is -0.469 e. The average molecular weight is 161 g/mol. The van der Waals surface area contributed by atoms with Crippen LogP contribution < -0.4 is 0 Å². The van der Waals surface area contributed by atoms with E-state index < -0.39 is 0 Å². The Kier molecular flexibility index (Phi) is 4.36. The Hall–Kier alpha value is -0.310. The van der Waals surface area contributed by atoms with Gasteiger partial charge in [-0.3, -0.25) is 0 Å². The van der Waals surface area contributed by atoms with Gasteiger partial charge >= 0.3 is 0 Å². The predicted octanol–water partition coefficient (Wildman–Crippen LogP) is 1.65. The number of ether oxygens (including phenoxy) is 1. The van der Waals surface area contributed by atoms with E-state index in [0.717, 1.165) is 6.61 Å². The standard InChI is InChI=1S/C5H9NOS.C2H6/c1-4-3-7-5(8)6(4)2;1-2/h4H,3H2,1-2H3;1-2H3. The highest BCUT2D eigenvalue weighted by atomic mass is 32.1. The molecular weight excluding hydrogens is 146 g/mol. The van der Waals surface area contributed by atoms with E-state index in [1.807, 2.05) is 25.8 Å². The van der Waals surface area contributed by atoms with Gasteiger partial charge < -0.3 is 9.64 Å². The lowest BCUT2D eigenvalue weighted by Crippen LogP contribution is -2.25. The molecule has 0 aliphatic carbocycles. The Morgan fingerprint density at radius 2 is 2.10 bits per heavy atom. The topological polar surface area (TPSA) is 12.5 Å². The highest BCUT2D eigenvalue weighted by Crippen LogP contribution is 2.07. The lowest BCUT2D eigenvalue weighted by Gasteiger charge is -2.10. The third-order valence-electron chi connectivity index (χ3n) is 1.40. The molecule has 0 bridgehead atoms. The lowest BCUT2D eigenvalue weighted by molar-refractivity contribution is 0.331. The van der Waals surface area contributed by atoms with Gasteiger partial charge in [0.25, 0.3) is 5.17 Å². The molecule has 0 aromatic carbocycles. The van der Waals surface area contributed by atoms with Crippen LogP contribution in [0, 0.1) is 0 Å². The third kappa shape index (κ3) is 2.14. The van der Waals surface area contributed by atoms with Crippen molar-refractivity contribution in [1.82, 2.24) is 4.90 Å². The molecule has 2 nitrogen and oxygen atoms in total. The normalized spacial score (nSPS) is 23.4. The highest BCUT2D eigenvalue weighted by Gasteiger charge is 2.21. The second-order valence-corrected chi connectivity index (χ2v) is 2.39. The van der Waals surface area contributed by atoms with Crippen LogP contribution in [0.15, 0.2) is 0 Å². The van der Waals surface area contributed by atoms with Gasteiger partial charge in [0.1, 0.15) is 6.61 Å². The van der Waals surface area contributed by atoms with Gasteiger partial charge in [0, 0.05) is 7.05 Å². The number of hydrogen-bond donors (Lipinski definition) is 0. The summed E-state index contributed by atoms with van der Waals surface area (Å²) in [6, 6.07) is 0.461. The monoisotopic (exact) mass is 161 g/mol. The first-order valence-electron chi connectivity index (χ1n) is 3.61. The quantitative estimate of drug-likeness (QED) is 0.501. The third-order valence-corrected chi connectivity index (χ3v) is 1.80. The van der Waals surface area contributed by atoms with Crippen LogP contribution in [0.5, 0.6) is 0 Å². The van der Waals surface area contributed by atoms with Crippen molar-refractivity contribution >= 4 is 17.4 Å². The minimum atomic E-state index is 0.461. The average Bonchev–Trinajstić information content (AvgIpc) is 2.25. The molecule has 3 heteroatoms. The highest BCUT2D eigenvalue weighted by molar-refractivity contribution is 7.80. The summed E-state index contributed by atoms with van der Waals surface area (Å²) in [6.07, 6.45) is 0. The molecule has 0 aromatic rings. The van der Waals surface area contributed by atoms with E-state index in [0.29, 0.717) is 11.2 Å². The van der Waals surface area contributed by atoms with Crippen LogP contribution >= 0.6 is 12.2 Å². The maximum Gasteiger partial charge on any atom is 0.259 e. The van der Waals surface area contributed by atoms with E-state index in [1.54, 1.807) is 0 Å². The number of nitrogens with zero attached hydrogens (tertiary/aromatic N) is 1. The Morgan fingerprint density at radius 1 is 1.60 bits per heavy atom. The predicted molar refractivity (Wildman–Crippen MR) is 47.1 cm³/mol. The molecule has 0 amide bonds. The van der Waals surface area contributed by atoms with Gasteiger partial charge in [0.2, 0.25) is 0 Å². The molecule has 10 heavy (non-hydrogen) atoms. The van der Waals surface area contributed by atoms with Crippen molar-refractivity contribution in [2.45, 2.75) is 26.8 Å². The summed E-state index contributed by atoms with van der Waals surface area (Å²) in [5.74, 6) is 0. The first-order chi connectivity index (χ1) is 4.72. The van der Waals surface area contributed by atoms with Crippen molar-refractivity contribution in [2.75, 3.05) is 13.7 Å². The van der Waals surface area contributed by atoms with Crippen LogP contribution in [0.3, 0.4) is 0 Å². The van der Waals surface area contributed by atoms with Gasteiger partial charge in [0.15, 0.2) is 0 Å². The van der Waals surface area contributed by atoms with E-state index in [9.17, 15) is 0 Å². The molecule has 1 saturated heterocycles. The van der Waals surface area contributed by atoms with Gasteiger partial charge in [-0.2, -0.15) is 0 Å². The minimum absolute atomic E-state index is 0.461. The second-order valence-electron chi connectivity index (χ2n) is 2.04. The molecule has 1 fully saturated rings. The Bertz CT molecular complexity index is 116. The summed E-state index contributed by atoms with van der Waals surface area (Å²) in [5, 5.41) is 0.623. The van der Waals surface area contributed by atoms with Crippen molar-refractivity contribution in [2.24, 2.45) is 0 Å².